The predicted octanol–water partition coefficient (Wildman–Crippen LogP) is 1.98. The zero-order valence-electron chi connectivity index (χ0n) is 16.2. The molecule has 2 aromatic rings. The molecule has 7 heteroatoms. The van der Waals surface area contributed by atoms with Crippen LogP contribution >= 0.6 is 0 Å². The van der Waals surface area contributed by atoms with E-state index in [2.05, 4.69) is 4.98 Å². The molecule has 2 fully saturated rings. The van der Waals surface area contributed by atoms with Crippen LogP contribution in [0.2, 0.25) is 0 Å². The average Bonchev–Trinajstić information content (AvgIpc) is 3.28. The third-order valence-corrected chi connectivity index (χ3v) is 5.84. The minimum atomic E-state index is -0.356. The number of likely N-dealkylation sites (tertiary alicyclic amines) is 1. The molecule has 2 aliphatic rings. The molecule has 1 atom stereocenters. The lowest BCUT2D eigenvalue weighted by Crippen LogP contribution is -2.59. The van der Waals surface area contributed by atoms with Crippen molar-refractivity contribution in [3.8, 4) is 0 Å². The lowest BCUT2D eigenvalue weighted by Gasteiger charge is -2.47. The molecule has 148 valence electrons. The highest BCUT2D eigenvalue weighted by Crippen LogP contribution is 2.31. The molecular formula is C21H26N4O3. The number of amides is 2. The molecule has 7 nitrogen and oxygen atoms in total. The summed E-state index contributed by atoms with van der Waals surface area (Å²) in [5, 5.41) is 0. The van der Waals surface area contributed by atoms with Gasteiger partial charge in [-0.3, -0.25) is 14.6 Å². The molecule has 0 saturated carbocycles. The number of nitrogens with zero attached hydrogens (tertiary/aromatic N) is 4. The highest BCUT2D eigenvalue weighted by atomic mass is 16.5. The highest BCUT2D eigenvalue weighted by molar-refractivity contribution is 5.92. The van der Waals surface area contributed by atoms with Gasteiger partial charge in [-0.15, -0.1) is 0 Å². The Hall–Kier alpha value is -2.67. The molecule has 0 aliphatic carbocycles. The van der Waals surface area contributed by atoms with Crippen molar-refractivity contribution in [3.05, 3.63) is 54.6 Å². The monoisotopic (exact) mass is 382 g/mol. The first-order chi connectivity index (χ1) is 13.6. The molecule has 1 spiro atoms. The molecular weight excluding hydrogens is 356 g/mol. The Labute approximate surface area is 164 Å². The second kappa shape index (κ2) is 7.75. The summed E-state index contributed by atoms with van der Waals surface area (Å²) >= 11 is 0. The van der Waals surface area contributed by atoms with Gasteiger partial charge in [0, 0.05) is 44.8 Å². The SMILES string of the molecule is CC(C(=O)N1CCOC2(CCN(C(=O)c3ccccn3)CC2)C1)n1cccc1. The van der Waals surface area contributed by atoms with Crippen LogP contribution in [0.3, 0.4) is 0 Å². The van der Waals surface area contributed by atoms with Gasteiger partial charge in [0.05, 0.1) is 12.2 Å². The van der Waals surface area contributed by atoms with E-state index >= 15 is 0 Å². The van der Waals surface area contributed by atoms with Crippen molar-refractivity contribution in [2.24, 2.45) is 0 Å². The van der Waals surface area contributed by atoms with E-state index in [9.17, 15) is 9.59 Å². The fourth-order valence-corrected chi connectivity index (χ4v) is 4.10. The molecule has 2 saturated heterocycles. The van der Waals surface area contributed by atoms with Crippen molar-refractivity contribution in [3.63, 3.8) is 0 Å². The summed E-state index contributed by atoms with van der Waals surface area (Å²) in [7, 11) is 0. The predicted molar refractivity (Wildman–Crippen MR) is 104 cm³/mol. The maximum absolute atomic E-state index is 13.0. The third-order valence-electron chi connectivity index (χ3n) is 5.84. The van der Waals surface area contributed by atoms with Gasteiger partial charge < -0.3 is 19.1 Å². The van der Waals surface area contributed by atoms with Gasteiger partial charge in [-0.2, -0.15) is 0 Å². The molecule has 0 bridgehead atoms. The number of rotatable bonds is 3. The van der Waals surface area contributed by atoms with Crippen LogP contribution in [0, 0.1) is 0 Å². The lowest BCUT2D eigenvalue weighted by atomic mass is 9.89. The number of piperidine rings is 1. The van der Waals surface area contributed by atoms with Crippen LogP contribution in [-0.4, -0.2) is 69.6 Å². The average molecular weight is 382 g/mol. The zero-order valence-corrected chi connectivity index (χ0v) is 16.2. The highest BCUT2D eigenvalue weighted by Gasteiger charge is 2.42. The first-order valence-corrected chi connectivity index (χ1v) is 9.83. The number of ether oxygens (including phenoxy) is 1. The summed E-state index contributed by atoms with van der Waals surface area (Å²) in [4.78, 5) is 33.5. The van der Waals surface area contributed by atoms with Gasteiger partial charge in [0.15, 0.2) is 0 Å². The first kappa shape index (κ1) is 18.7. The molecule has 0 aromatic carbocycles. The standard InChI is InChI=1S/C21H26N4O3/c1-17(23-10-4-5-11-23)19(26)25-14-15-28-21(16-25)7-12-24(13-8-21)20(27)18-6-2-3-9-22-18/h2-6,9-11,17H,7-8,12-16H2,1H3. The smallest absolute Gasteiger partial charge is 0.272 e. The fourth-order valence-electron chi connectivity index (χ4n) is 4.10. The van der Waals surface area contributed by atoms with Gasteiger partial charge in [-0.05, 0) is 44.0 Å². The van der Waals surface area contributed by atoms with Crippen molar-refractivity contribution in [2.45, 2.75) is 31.4 Å². The number of pyridine rings is 1. The molecule has 4 rings (SSSR count). The van der Waals surface area contributed by atoms with Gasteiger partial charge in [0.1, 0.15) is 11.7 Å². The topological polar surface area (TPSA) is 67.7 Å². The summed E-state index contributed by atoms with van der Waals surface area (Å²) in [6.07, 6.45) is 6.93. The van der Waals surface area contributed by atoms with E-state index in [1.54, 1.807) is 18.3 Å². The normalized spacial score (nSPS) is 20.2. The van der Waals surface area contributed by atoms with Crippen molar-refractivity contribution in [1.29, 1.82) is 0 Å². The van der Waals surface area contributed by atoms with Gasteiger partial charge in [-0.1, -0.05) is 6.07 Å². The molecule has 2 amide bonds. The molecule has 1 unspecified atom stereocenters. The minimum Gasteiger partial charge on any atom is -0.371 e. The molecule has 28 heavy (non-hydrogen) atoms. The van der Waals surface area contributed by atoms with Gasteiger partial charge in [0.2, 0.25) is 5.91 Å². The Balaban J connectivity index is 1.38. The van der Waals surface area contributed by atoms with Crippen LogP contribution in [0.5, 0.6) is 0 Å². The summed E-state index contributed by atoms with van der Waals surface area (Å²) in [6, 6.07) is 9.00. The number of carbonyl (C=O) groups excluding carboxylic acids is 2. The largest absolute Gasteiger partial charge is 0.371 e. The second-order valence-corrected chi connectivity index (χ2v) is 7.60. The van der Waals surface area contributed by atoms with Crippen LogP contribution in [0.4, 0.5) is 0 Å². The van der Waals surface area contributed by atoms with E-state index in [1.165, 1.54) is 0 Å². The van der Waals surface area contributed by atoms with E-state index in [1.807, 2.05) is 51.9 Å². The number of hydrogen-bond donors (Lipinski definition) is 0. The van der Waals surface area contributed by atoms with Crippen LogP contribution in [0.15, 0.2) is 48.9 Å². The van der Waals surface area contributed by atoms with Crippen molar-refractivity contribution in [1.82, 2.24) is 19.4 Å². The van der Waals surface area contributed by atoms with Crippen LogP contribution in [-0.2, 0) is 9.53 Å². The summed E-state index contributed by atoms with van der Waals surface area (Å²) in [6.45, 7) is 4.90. The third kappa shape index (κ3) is 3.67. The maximum atomic E-state index is 13.0. The fraction of sp³-hybridized carbons (Fsp3) is 0.476. The Bertz CT molecular complexity index is 813. The zero-order chi connectivity index (χ0) is 19.6. The van der Waals surface area contributed by atoms with Gasteiger partial charge >= 0.3 is 0 Å². The number of carbonyl (C=O) groups is 2. The van der Waals surface area contributed by atoms with Crippen LogP contribution < -0.4 is 0 Å². The summed E-state index contributed by atoms with van der Waals surface area (Å²) < 4.78 is 8.07. The van der Waals surface area contributed by atoms with Crippen molar-refractivity contribution >= 4 is 11.8 Å². The molecule has 2 aromatic heterocycles. The van der Waals surface area contributed by atoms with E-state index in [4.69, 9.17) is 4.74 Å². The van der Waals surface area contributed by atoms with E-state index in [0.717, 1.165) is 12.8 Å². The first-order valence-electron chi connectivity index (χ1n) is 9.83. The Morgan fingerprint density at radius 3 is 2.50 bits per heavy atom. The Kier molecular flexibility index (Phi) is 5.17. The molecule has 2 aliphatic heterocycles. The van der Waals surface area contributed by atoms with Crippen molar-refractivity contribution < 1.29 is 14.3 Å². The second-order valence-electron chi connectivity index (χ2n) is 7.60. The summed E-state index contributed by atoms with van der Waals surface area (Å²) in [5.41, 5.74) is 0.117. The van der Waals surface area contributed by atoms with Gasteiger partial charge in [0.25, 0.3) is 5.91 Å². The van der Waals surface area contributed by atoms with E-state index < -0.39 is 0 Å². The van der Waals surface area contributed by atoms with Crippen LogP contribution in [0.25, 0.3) is 0 Å². The number of aromatic nitrogens is 2. The maximum Gasteiger partial charge on any atom is 0.272 e. The van der Waals surface area contributed by atoms with Crippen LogP contribution in [0.1, 0.15) is 36.3 Å². The van der Waals surface area contributed by atoms with E-state index in [-0.39, 0.29) is 23.5 Å². The molecule has 0 N–H and O–H groups in total. The summed E-state index contributed by atoms with van der Waals surface area (Å²) in [5.74, 6) is 0.0753. The molecule has 4 heterocycles. The van der Waals surface area contributed by atoms with E-state index in [0.29, 0.717) is 38.5 Å². The number of hydrogen-bond acceptors (Lipinski definition) is 4. The van der Waals surface area contributed by atoms with Gasteiger partial charge in [-0.25, -0.2) is 0 Å². The Morgan fingerprint density at radius 2 is 1.82 bits per heavy atom. The lowest BCUT2D eigenvalue weighted by molar-refractivity contribution is -0.160. The number of morpholine rings is 1. The Morgan fingerprint density at radius 1 is 1.07 bits per heavy atom. The molecule has 0 radical (unpaired) electrons. The minimum absolute atomic E-state index is 0.0413. The quantitative estimate of drug-likeness (QED) is 0.814. The van der Waals surface area contributed by atoms with Crippen molar-refractivity contribution in [2.75, 3.05) is 32.8 Å².